The summed E-state index contributed by atoms with van der Waals surface area (Å²) in [5, 5.41) is 2.75. The number of piperazine rings is 1. The number of amides is 2. The minimum absolute atomic E-state index is 0.0320. The van der Waals surface area contributed by atoms with Gasteiger partial charge in [0.2, 0.25) is 11.8 Å². The molecule has 7 heteroatoms. The van der Waals surface area contributed by atoms with Crippen molar-refractivity contribution in [1.82, 2.24) is 9.80 Å². The third-order valence-electron chi connectivity index (χ3n) is 4.45. The van der Waals surface area contributed by atoms with Crippen molar-refractivity contribution < 1.29 is 14.0 Å². The molecule has 0 aliphatic carbocycles. The van der Waals surface area contributed by atoms with Crippen LogP contribution in [0, 0.1) is 5.82 Å². The average molecular weight is 446 g/mol. The lowest BCUT2D eigenvalue weighted by atomic mass is 10.2. The van der Waals surface area contributed by atoms with E-state index < -0.39 is 0 Å². The van der Waals surface area contributed by atoms with E-state index in [0.29, 0.717) is 31.9 Å². The van der Waals surface area contributed by atoms with E-state index in [9.17, 15) is 14.0 Å². The molecule has 5 nitrogen and oxygen atoms in total. The van der Waals surface area contributed by atoms with Gasteiger partial charge in [-0.15, -0.1) is 0 Å². The fraction of sp³-hybridized carbons (Fsp3) is 0.238. The van der Waals surface area contributed by atoms with Gasteiger partial charge in [-0.05, 0) is 48.0 Å². The summed E-state index contributed by atoms with van der Waals surface area (Å²) in [6.45, 7) is 2.66. The smallest absolute Gasteiger partial charge is 0.246 e. The Hall–Kier alpha value is -2.51. The molecule has 28 heavy (non-hydrogen) atoms. The van der Waals surface area contributed by atoms with Gasteiger partial charge in [0.25, 0.3) is 0 Å². The summed E-state index contributed by atoms with van der Waals surface area (Å²) in [5.74, 6) is -0.524. The molecule has 0 radical (unpaired) electrons. The Bertz CT molecular complexity index is 862. The first kappa shape index (κ1) is 20.2. The maximum atomic E-state index is 12.9. The fourth-order valence-electron chi connectivity index (χ4n) is 2.95. The second kappa shape index (κ2) is 9.61. The van der Waals surface area contributed by atoms with E-state index in [1.165, 1.54) is 24.3 Å². The lowest BCUT2D eigenvalue weighted by molar-refractivity contribution is -0.127. The normalized spacial score (nSPS) is 15.0. The highest BCUT2D eigenvalue weighted by atomic mass is 79.9. The first-order valence-electron chi connectivity index (χ1n) is 9.00. The Balaban J connectivity index is 1.44. The first-order valence-corrected chi connectivity index (χ1v) is 9.79. The van der Waals surface area contributed by atoms with Crippen molar-refractivity contribution in [3.05, 3.63) is 70.5 Å². The lowest BCUT2D eigenvalue weighted by Gasteiger charge is -2.33. The van der Waals surface area contributed by atoms with E-state index in [2.05, 4.69) is 21.2 Å². The van der Waals surface area contributed by atoms with Gasteiger partial charge in [0.1, 0.15) is 5.82 Å². The van der Waals surface area contributed by atoms with Crippen LogP contribution in [0.25, 0.3) is 6.08 Å². The van der Waals surface area contributed by atoms with Gasteiger partial charge in [0.05, 0.1) is 6.54 Å². The predicted octanol–water partition coefficient (Wildman–Crippen LogP) is 3.38. The summed E-state index contributed by atoms with van der Waals surface area (Å²) < 4.78 is 13.9. The molecule has 1 aliphatic heterocycles. The summed E-state index contributed by atoms with van der Waals surface area (Å²) in [5.41, 5.74) is 1.52. The maximum absolute atomic E-state index is 12.9. The lowest BCUT2D eigenvalue weighted by Crippen LogP contribution is -2.50. The van der Waals surface area contributed by atoms with Crippen LogP contribution in [0.15, 0.2) is 59.1 Å². The van der Waals surface area contributed by atoms with Crippen molar-refractivity contribution in [3.8, 4) is 0 Å². The summed E-state index contributed by atoms with van der Waals surface area (Å²) in [6.07, 6.45) is 3.38. The average Bonchev–Trinajstić information content (AvgIpc) is 2.68. The SMILES string of the molecule is O=C(CN1CCN(C(=O)/C=C/c2cccc(Br)c2)CC1)Nc1ccc(F)cc1. The van der Waals surface area contributed by atoms with Crippen LogP contribution in [-0.4, -0.2) is 54.3 Å². The molecule has 0 atom stereocenters. The highest BCUT2D eigenvalue weighted by molar-refractivity contribution is 9.10. The Kier molecular flexibility index (Phi) is 6.95. The van der Waals surface area contributed by atoms with Gasteiger partial charge in [0, 0.05) is 42.4 Å². The minimum atomic E-state index is -0.340. The van der Waals surface area contributed by atoms with Crippen LogP contribution in [0.1, 0.15) is 5.56 Å². The largest absolute Gasteiger partial charge is 0.337 e. The zero-order valence-electron chi connectivity index (χ0n) is 15.3. The van der Waals surface area contributed by atoms with Gasteiger partial charge in [-0.25, -0.2) is 4.39 Å². The highest BCUT2D eigenvalue weighted by Gasteiger charge is 2.21. The van der Waals surface area contributed by atoms with Gasteiger partial charge in [-0.2, -0.15) is 0 Å². The topological polar surface area (TPSA) is 52.7 Å². The Morgan fingerprint density at radius 1 is 1.07 bits per heavy atom. The molecule has 3 rings (SSSR count). The number of rotatable bonds is 5. The van der Waals surface area contributed by atoms with Crippen LogP contribution < -0.4 is 5.32 Å². The molecule has 1 N–H and O–H groups in total. The molecule has 1 heterocycles. The van der Waals surface area contributed by atoms with E-state index in [-0.39, 0.29) is 24.2 Å². The number of halogens is 2. The van der Waals surface area contributed by atoms with Crippen molar-refractivity contribution in [3.63, 3.8) is 0 Å². The summed E-state index contributed by atoms with van der Waals surface area (Å²) in [4.78, 5) is 28.3. The van der Waals surface area contributed by atoms with Gasteiger partial charge >= 0.3 is 0 Å². The van der Waals surface area contributed by atoms with Crippen molar-refractivity contribution in [1.29, 1.82) is 0 Å². The number of benzene rings is 2. The number of carbonyl (C=O) groups is 2. The van der Waals surface area contributed by atoms with E-state index >= 15 is 0 Å². The van der Waals surface area contributed by atoms with Crippen LogP contribution in [-0.2, 0) is 9.59 Å². The first-order chi connectivity index (χ1) is 13.5. The van der Waals surface area contributed by atoms with Crippen molar-refractivity contribution in [2.75, 3.05) is 38.0 Å². The zero-order valence-corrected chi connectivity index (χ0v) is 16.9. The molecule has 2 aromatic rings. The summed E-state index contributed by atoms with van der Waals surface area (Å²) in [6, 6.07) is 13.4. The van der Waals surface area contributed by atoms with Crippen molar-refractivity contribution in [2.45, 2.75) is 0 Å². The molecule has 0 bridgehead atoms. The Morgan fingerprint density at radius 3 is 2.46 bits per heavy atom. The third kappa shape index (κ3) is 6.00. The third-order valence-corrected chi connectivity index (χ3v) is 4.94. The molecule has 2 aromatic carbocycles. The molecule has 1 aliphatic rings. The minimum Gasteiger partial charge on any atom is -0.337 e. The molecule has 0 aromatic heterocycles. The van der Waals surface area contributed by atoms with Gasteiger partial charge in [0.15, 0.2) is 0 Å². The van der Waals surface area contributed by atoms with Crippen molar-refractivity contribution in [2.24, 2.45) is 0 Å². The standard InChI is InChI=1S/C21H21BrFN3O2/c22-17-3-1-2-16(14-17)4-9-21(28)26-12-10-25(11-13-26)15-20(27)24-19-7-5-18(23)6-8-19/h1-9,14H,10-13,15H2,(H,24,27)/b9-4+. The number of nitrogens with one attached hydrogen (secondary N) is 1. The molecule has 146 valence electrons. The fourth-order valence-corrected chi connectivity index (χ4v) is 3.36. The van der Waals surface area contributed by atoms with Gasteiger partial charge < -0.3 is 10.2 Å². The molecule has 0 spiro atoms. The quantitative estimate of drug-likeness (QED) is 0.717. The zero-order chi connectivity index (χ0) is 19.9. The van der Waals surface area contributed by atoms with Gasteiger partial charge in [-0.3, -0.25) is 14.5 Å². The number of nitrogens with zero attached hydrogens (tertiary/aromatic N) is 2. The van der Waals surface area contributed by atoms with E-state index in [1.807, 2.05) is 29.2 Å². The second-order valence-electron chi connectivity index (χ2n) is 6.54. The molecule has 2 amide bonds. The number of hydrogen-bond donors (Lipinski definition) is 1. The molecular weight excluding hydrogens is 425 g/mol. The van der Waals surface area contributed by atoms with Crippen LogP contribution in [0.4, 0.5) is 10.1 Å². The van der Waals surface area contributed by atoms with Crippen LogP contribution in [0.3, 0.4) is 0 Å². The van der Waals surface area contributed by atoms with Crippen LogP contribution in [0.5, 0.6) is 0 Å². The van der Waals surface area contributed by atoms with E-state index in [4.69, 9.17) is 0 Å². The Labute approximate surface area is 172 Å². The maximum Gasteiger partial charge on any atom is 0.246 e. The Morgan fingerprint density at radius 2 is 1.79 bits per heavy atom. The molecular formula is C21H21BrFN3O2. The number of carbonyl (C=O) groups excluding carboxylic acids is 2. The highest BCUT2D eigenvalue weighted by Crippen LogP contribution is 2.13. The van der Waals surface area contributed by atoms with E-state index in [1.54, 1.807) is 17.1 Å². The molecule has 1 saturated heterocycles. The molecule has 1 fully saturated rings. The monoisotopic (exact) mass is 445 g/mol. The number of anilines is 1. The molecule has 0 saturated carbocycles. The van der Waals surface area contributed by atoms with Crippen LogP contribution in [0.2, 0.25) is 0 Å². The van der Waals surface area contributed by atoms with Crippen LogP contribution >= 0.6 is 15.9 Å². The number of hydrogen-bond acceptors (Lipinski definition) is 3. The molecule has 0 unspecified atom stereocenters. The summed E-state index contributed by atoms with van der Waals surface area (Å²) in [7, 11) is 0. The summed E-state index contributed by atoms with van der Waals surface area (Å²) >= 11 is 3.41. The van der Waals surface area contributed by atoms with Crippen molar-refractivity contribution >= 4 is 39.5 Å². The van der Waals surface area contributed by atoms with E-state index in [0.717, 1.165) is 10.0 Å². The second-order valence-corrected chi connectivity index (χ2v) is 7.46. The predicted molar refractivity (Wildman–Crippen MR) is 111 cm³/mol. The van der Waals surface area contributed by atoms with Gasteiger partial charge in [-0.1, -0.05) is 28.1 Å².